The summed E-state index contributed by atoms with van der Waals surface area (Å²) in [6.45, 7) is 10.0. The number of anilines is 2. The van der Waals surface area contributed by atoms with E-state index in [1.54, 1.807) is 45.7 Å². The van der Waals surface area contributed by atoms with Crippen LogP contribution in [-0.2, 0) is 0 Å². The Labute approximate surface area is 310 Å². The monoisotopic (exact) mass is 728 g/mol. The van der Waals surface area contributed by atoms with Gasteiger partial charge in [0.05, 0.1) is 52.0 Å². The molecule has 0 fully saturated rings. The third-order valence-corrected chi connectivity index (χ3v) is 8.33. The predicted molar refractivity (Wildman–Crippen MR) is 203 cm³/mol. The van der Waals surface area contributed by atoms with Crippen LogP contribution in [-0.4, -0.2) is 42.3 Å². The SMILES string of the molecule is CC(C)CNc1cc(-c2ccccc2)nn2c(-c3ccc(C#N)c(F)c3)cnc12.CC(C)CNc1cc(Cl)nn2c(-c3ccc(C#N)c(F)c3)cnc12. The number of fused-ring (bicyclic) bond motifs is 2. The van der Waals surface area contributed by atoms with E-state index in [9.17, 15) is 8.78 Å². The minimum absolute atomic E-state index is 0.00199. The molecule has 3 aromatic carbocycles. The zero-order valence-electron chi connectivity index (χ0n) is 29.4. The van der Waals surface area contributed by atoms with Gasteiger partial charge in [0.25, 0.3) is 0 Å². The van der Waals surface area contributed by atoms with Gasteiger partial charge in [0.1, 0.15) is 23.8 Å². The van der Waals surface area contributed by atoms with Crippen LogP contribution in [0.3, 0.4) is 0 Å². The van der Waals surface area contributed by atoms with E-state index in [0.717, 1.165) is 35.7 Å². The molecular weight excluding hydrogens is 694 g/mol. The van der Waals surface area contributed by atoms with E-state index >= 15 is 0 Å². The predicted octanol–water partition coefficient (Wildman–Crippen LogP) is 9.27. The number of rotatable bonds is 9. The normalized spacial score (nSPS) is 11.0. The van der Waals surface area contributed by atoms with Crippen molar-refractivity contribution < 1.29 is 8.78 Å². The van der Waals surface area contributed by atoms with Gasteiger partial charge in [-0.2, -0.15) is 20.7 Å². The highest BCUT2D eigenvalue weighted by Crippen LogP contribution is 2.30. The second kappa shape index (κ2) is 15.9. The minimum atomic E-state index is -0.579. The van der Waals surface area contributed by atoms with Crippen molar-refractivity contribution in [3.63, 3.8) is 0 Å². The van der Waals surface area contributed by atoms with Crippen molar-refractivity contribution in [3.8, 4) is 45.9 Å². The summed E-state index contributed by atoms with van der Waals surface area (Å²) in [5.41, 5.74) is 7.15. The summed E-state index contributed by atoms with van der Waals surface area (Å²) in [6, 6.07) is 26.2. The third kappa shape index (κ3) is 8.09. The van der Waals surface area contributed by atoms with Gasteiger partial charge in [0, 0.05) is 35.8 Å². The molecule has 0 saturated heterocycles. The van der Waals surface area contributed by atoms with Crippen LogP contribution >= 0.6 is 11.6 Å². The lowest BCUT2D eigenvalue weighted by Gasteiger charge is -2.13. The first-order chi connectivity index (χ1) is 25.6. The molecule has 7 aromatic rings. The molecule has 0 radical (unpaired) electrons. The maximum atomic E-state index is 14.2. The van der Waals surface area contributed by atoms with Crippen LogP contribution in [0.4, 0.5) is 20.2 Å². The molecule has 0 saturated carbocycles. The number of hydrogen-bond acceptors (Lipinski definition) is 8. The maximum Gasteiger partial charge on any atom is 0.177 e. The average Bonchev–Trinajstić information content (AvgIpc) is 3.78. The fraction of sp³-hybridized carbons (Fsp3) is 0.200. The third-order valence-electron chi connectivity index (χ3n) is 8.15. The van der Waals surface area contributed by atoms with Crippen molar-refractivity contribution in [2.24, 2.45) is 11.8 Å². The van der Waals surface area contributed by atoms with E-state index < -0.39 is 11.6 Å². The van der Waals surface area contributed by atoms with Crippen molar-refractivity contribution >= 4 is 34.3 Å². The fourth-order valence-corrected chi connectivity index (χ4v) is 5.65. The van der Waals surface area contributed by atoms with Gasteiger partial charge >= 0.3 is 0 Å². The van der Waals surface area contributed by atoms with Gasteiger partial charge in [-0.15, -0.1) is 0 Å². The smallest absolute Gasteiger partial charge is 0.177 e. The molecular formula is C40H35ClF2N10. The molecule has 266 valence electrons. The Morgan fingerprint density at radius 3 is 1.62 bits per heavy atom. The first kappa shape index (κ1) is 36.4. The summed E-state index contributed by atoms with van der Waals surface area (Å²) in [5, 5.41) is 33.9. The van der Waals surface area contributed by atoms with E-state index in [1.165, 1.54) is 24.3 Å². The second-order valence-electron chi connectivity index (χ2n) is 13.1. The van der Waals surface area contributed by atoms with Gasteiger partial charge in [-0.05, 0) is 42.2 Å². The molecule has 10 nitrogen and oxygen atoms in total. The van der Waals surface area contributed by atoms with E-state index in [-0.39, 0.29) is 11.1 Å². The molecule has 0 bridgehead atoms. The van der Waals surface area contributed by atoms with Gasteiger partial charge in [-0.3, -0.25) is 0 Å². The largest absolute Gasteiger partial charge is 0.382 e. The lowest BCUT2D eigenvalue weighted by atomic mass is 10.1. The Balaban J connectivity index is 0.000000185. The summed E-state index contributed by atoms with van der Waals surface area (Å²) in [5.74, 6) is -0.216. The molecule has 4 heterocycles. The Bertz CT molecular complexity index is 2490. The topological polar surface area (TPSA) is 132 Å². The quantitative estimate of drug-likeness (QED) is 0.150. The Hall–Kier alpha value is -6.37. The number of hydrogen-bond donors (Lipinski definition) is 2. The Morgan fingerprint density at radius 1 is 0.660 bits per heavy atom. The van der Waals surface area contributed by atoms with Crippen molar-refractivity contribution in [2.75, 3.05) is 23.7 Å². The lowest BCUT2D eigenvalue weighted by molar-refractivity contribution is 0.624. The number of imidazole rings is 2. The average molecular weight is 729 g/mol. The standard InChI is InChI=1S/C23H20FN5.C17H15ClFN5/c1-15(2)13-26-21-11-20(16-6-4-3-5-7-16)28-29-22(14-27-23(21)29)17-8-9-18(12-25)19(24)10-17;1-10(2)8-21-14-6-16(18)23-24-15(9-22-17(14)24)11-3-4-12(7-20)13(19)5-11/h3-11,14-15,26H,13H2,1-2H3;3-6,9-10,21H,8H2,1-2H3. The second-order valence-corrected chi connectivity index (χ2v) is 13.5. The zero-order valence-corrected chi connectivity index (χ0v) is 30.2. The molecule has 0 aliphatic heterocycles. The Morgan fingerprint density at radius 2 is 1.15 bits per heavy atom. The highest BCUT2D eigenvalue weighted by atomic mass is 35.5. The van der Waals surface area contributed by atoms with Crippen LogP contribution in [0.2, 0.25) is 5.15 Å². The summed E-state index contributed by atoms with van der Waals surface area (Å²) in [7, 11) is 0. The van der Waals surface area contributed by atoms with Gasteiger partial charge in [0.15, 0.2) is 16.4 Å². The highest BCUT2D eigenvalue weighted by molar-refractivity contribution is 6.29. The summed E-state index contributed by atoms with van der Waals surface area (Å²) >= 11 is 6.12. The van der Waals surface area contributed by atoms with Crippen LogP contribution in [0.15, 0.2) is 91.3 Å². The number of nitrogens with zero attached hydrogens (tertiary/aromatic N) is 8. The summed E-state index contributed by atoms with van der Waals surface area (Å²) < 4.78 is 31.4. The summed E-state index contributed by atoms with van der Waals surface area (Å²) in [6.07, 6.45) is 3.29. The van der Waals surface area contributed by atoms with E-state index in [4.69, 9.17) is 27.2 Å². The molecule has 0 amide bonds. The first-order valence-corrected chi connectivity index (χ1v) is 17.3. The van der Waals surface area contributed by atoms with Crippen molar-refractivity contribution in [1.82, 2.24) is 29.2 Å². The summed E-state index contributed by atoms with van der Waals surface area (Å²) in [4.78, 5) is 8.91. The molecule has 13 heteroatoms. The molecule has 0 aliphatic rings. The molecule has 0 aliphatic carbocycles. The van der Waals surface area contributed by atoms with Crippen molar-refractivity contribution in [2.45, 2.75) is 27.7 Å². The molecule has 0 unspecified atom stereocenters. The van der Waals surface area contributed by atoms with Gasteiger partial charge < -0.3 is 10.6 Å². The van der Waals surface area contributed by atoms with E-state index in [1.807, 2.05) is 42.5 Å². The highest BCUT2D eigenvalue weighted by Gasteiger charge is 2.17. The minimum Gasteiger partial charge on any atom is -0.382 e. The Kier molecular flexibility index (Phi) is 10.9. The van der Waals surface area contributed by atoms with Crippen LogP contribution in [0.5, 0.6) is 0 Å². The number of halogens is 3. The van der Waals surface area contributed by atoms with Gasteiger partial charge in [-0.1, -0.05) is 81.8 Å². The van der Waals surface area contributed by atoms with E-state index in [0.29, 0.717) is 50.8 Å². The van der Waals surface area contributed by atoms with Crippen molar-refractivity contribution in [1.29, 1.82) is 10.5 Å². The number of aromatic nitrogens is 6. The molecule has 2 N–H and O–H groups in total. The van der Waals surface area contributed by atoms with Crippen LogP contribution in [0, 0.1) is 46.1 Å². The molecule has 0 atom stereocenters. The number of nitrogens with one attached hydrogen (secondary N) is 2. The van der Waals surface area contributed by atoms with Gasteiger partial charge in [0.2, 0.25) is 0 Å². The van der Waals surface area contributed by atoms with Gasteiger partial charge in [-0.25, -0.2) is 27.8 Å². The van der Waals surface area contributed by atoms with Crippen LogP contribution in [0.1, 0.15) is 38.8 Å². The molecule has 0 spiro atoms. The maximum absolute atomic E-state index is 14.2. The zero-order chi connectivity index (χ0) is 37.6. The molecule has 7 rings (SSSR count). The number of benzene rings is 3. The molecule has 53 heavy (non-hydrogen) atoms. The van der Waals surface area contributed by atoms with Crippen molar-refractivity contribution in [3.05, 3.63) is 119 Å². The van der Waals surface area contributed by atoms with E-state index in [2.05, 4.69) is 53.4 Å². The van der Waals surface area contributed by atoms with Crippen LogP contribution < -0.4 is 10.6 Å². The number of nitriles is 2. The molecule has 4 aromatic heterocycles. The fourth-order valence-electron chi connectivity index (χ4n) is 5.47. The first-order valence-electron chi connectivity index (χ1n) is 16.9. The lowest BCUT2D eigenvalue weighted by Crippen LogP contribution is -2.10. The van der Waals surface area contributed by atoms with Crippen LogP contribution in [0.25, 0.3) is 45.1 Å².